The second kappa shape index (κ2) is 4.67. The van der Waals surface area contributed by atoms with E-state index in [1.54, 1.807) is 0 Å². The Balaban J connectivity index is 1.94. The molecule has 98 valence electrons. The van der Waals surface area contributed by atoms with Gasteiger partial charge in [-0.15, -0.1) is 0 Å². The number of nitrogens with zero attached hydrogens (tertiary/aromatic N) is 1. The number of likely N-dealkylation sites (tertiary alicyclic amines) is 1. The van der Waals surface area contributed by atoms with Gasteiger partial charge in [-0.1, -0.05) is 30.7 Å². The molecule has 1 aromatic rings. The summed E-state index contributed by atoms with van der Waals surface area (Å²) in [5, 5.41) is 0. The molecule has 0 amide bonds. The highest BCUT2D eigenvalue weighted by Gasteiger charge is 2.37. The Morgan fingerprint density at radius 1 is 1.06 bits per heavy atom. The van der Waals surface area contributed by atoms with E-state index in [-0.39, 0.29) is 6.04 Å². The molecule has 1 heterocycles. The third kappa shape index (κ3) is 1.88. The van der Waals surface area contributed by atoms with Gasteiger partial charge in [0.1, 0.15) is 0 Å². The van der Waals surface area contributed by atoms with E-state index < -0.39 is 0 Å². The SMILES string of the molecule is C[C@@H]1CCC[C@H](C)N1C1CC(N)c2ccccc21. The average molecular weight is 244 g/mol. The highest BCUT2D eigenvalue weighted by molar-refractivity contribution is 5.37. The minimum absolute atomic E-state index is 0.229. The molecule has 4 atom stereocenters. The number of hydrogen-bond acceptors (Lipinski definition) is 2. The molecule has 2 unspecified atom stereocenters. The summed E-state index contributed by atoms with van der Waals surface area (Å²) in [5.74, 6) is 0. The lowest BCUT2D eigenvalue weighted by atomic mass is 9.93. The fourth-order valence-electron chi connectivity index (χ4n) is 3.98. The zero-order chi connectivity index (χ0) is 12.7. The lowest BCUT2D eigenvalue weighted by molar-refractivity contribution is 0.0527. The van der Waals surface area contributed by atoms with Crippen molar-refractivity contribution in [1.82, 2.24) is 4.90 Å². The van der Waals surface area contributed by atoms with Crippen LogP contribution < -0.4 is 5.73 Å². The number of rotatable bonds is 1. The van der Waals surface area contributed by atoms with Crippen LogP contribution in [0.5, 0.6) is 0 Å². The van der Waals surface area contributed by atoms with Crippen molar-refractivity contribution in [3.8, 4) is 0 Å². The Hall–Kier alpha value is -0.860. The van der Waals surface area contributed by atoms with E-state index in [4.69, 9.17) is 5.73 Å². The average Bonchev–Trinajstić information content (AvgIpc) is 2.68. The summed E-state index contributed by atoms with van der Waals surface area (Å²) in [6.07, 6.45) is 5.13. The van der Waals surface area contributed by atoms with E-state index in [0.717, 1.165) is 6.42 Å². The summed E-state index contributed by atoms with van der Waals surface area (Å²) in [6, 6.07) is 10.9. The molecule has 1 saturated heterocycles. The zero-order valence-corrected chi connectivity index (χ0v) is 11.5. The molecule has 1 aliphatic carbocycles. The Bertz CT molecular complexity index is 419. The van der Waals surface area contributed by atoms with Crippen molar-refractivity contribution in [2.45, 2.75) is 63.7 Å². The van der Waals surface area contributed by atoms with Crippen LogP contribution in [0.25, 0.3) is 0 Å². The second-order valence-corrected chi connectivity index (χ2v) is 6.06. The topological polar surface area (TPSA) is 29.3 Å². The Labute approximate surface area is 110 Å². The molecule has 0 aromatic heterocycles. The highest BCUT2D eigenvalue weighted by Crippen LogP contribution is 2.44. The number of fused-ring (bicyclic) bond motifs is 1. The van der Waals surface area contributed by atoms with Crippen molar-refractivity contribution < 1.29 is 0 Å². The maximum Gasteiger partial charge on any atom is 0.0375 e. The van der Waals surface area contributed by atoms with Crippen molar-refractivity contribution >= 4 is 0 Å². The highest BCUT2D eigenvalue weighted by atomic mass is 15.2. The Morgan fingerprint density at radius 3 is 2.33 bits per heavy atom. The first-order valence-electron chi connectivity index (χ1n) is 7.30. The van der Waals surface area contributed by atoms with Gasteiger partial charge in [-0.25, -0.2) is 0 Å². The molecule has 0 bridgehead atoms. The van der Waals surface area contributed by atoms with Crippen molar-refractivity contribution in [3.05, 3.63) is 35.4 Å². The number of piperidine rings is 1. The largest absolute Gasteiger partial charge is 0.324 e. The summed E-state index contributed by atoms with van der Waals surface area (Å²) in [7, 11) is 0. The molecule has 1 fully saturated rings. The second-order valence-electron chi connectivity index (χ2n) is 6.06. The van der Waals surface area contributed by atoms with Gasteiger partial charge < -0.3 is 5.73 Å². The van der Waals surface area contributed by atoms with E-state index in [0.29, 0.717) is 18.1 Å². The predicted molar refractivity (Wildman–Crippen MR) is 75.3 cm³/mol. The van der Waals surface area contributed by atoms with Gasteiger partial charge in [0.25, 0.3) is 0 Å². The molecule has 0 spiro atoms. The smallest absolute Gasteiger partial charge is 0.0375 e. The number of nitrogens with two attached hydrogens (primary N) is 1. The molecule has 3 rings (SSSR count). The fraction of sp³-hybridized carbons (Fsp3) is 0.625. The van der Waals surface area contributed by atoms with E-state index in [1.807, 2.05) is 0 Å². The zero-order valence-electron chi connectivity index (χ0n) is 11.5. The van der Waals surface area contributed by atoms with Gasteiger partial charge in [0.2, 0.25) is 0 Å². The maximum atomic E-state index is 6.31. The number of hydrogen-bond donors (Lipinski definition) is 1. The van der Waals surface area contributed by atoms with Crippen LogP contribution >= 0.6 is 0 Å². The molecule has 1 aliphatic heterocycles. The molecule has 1 aromatic carbocycles. The summed E-state index contributed by atoms with van der Waals surface area (Å²) < 4.78 is 0. The van der Waals surface area contributed by atoms with Crippen molar-refractivity contribution in [3.63, 3.8) is 0 Å². The van der Waals surface area contributed by atoms with Crippen molar-refractivity contribution in [1.29, 1.82) is 0 Å². The maximum absolute atomic E-state index is 6.31. The minimum atomic E-state index is 0.229. The summed E-state index contributed by atoms with van der Waals surface area (Å²) in [4.78, 5) is 2.72. The van der Waals surface area contributed by atoms with Crippen LogP contribution in [0.4, 0.5) is 0 Å². The molecular weight excluding hydrogens is 220 g/mol. The summed E-state index contributed by atoms with van der Waals surface area (Å²) >= 11 is 0. The van der Waals surface area contributed by atoms with E-state index in [1.165, 1.54) is 30.4 Å². The Morgan fingerprint density at radius 2 is 1.67 bits per heavy atom. The summed E-state index contributed by atoms with van der Waals surface area (Å²) in [6.45, 7) is 4.75. The first-order chi connectivity index (χ1) is 8.68. The third-order valence-corrected chi connectivity index (χ3v) is 4.85. The molecule has 2 N–H and O–H groups in total. The lowest BCUT2D eigenvalue weighted by Crippen LogP contribution is -2.45. The summed E-state index contributed by atoms with van der Waals surface area (Å²) in [5.41, 5.74) is 9.15. The van der Waals surface area contributed by atoms with Crippen molar-refractivity contribution in [2.75, 3.05) is 0 Å². The standard InChI is InChI=1S/C16H24N2/c1-11-6-5-7-12(2)18(11)16-10-15(17)13-8-3-4-9-14(13)16/h3-4,8-9,11-12,15-16H,5-7,10,17H2,1-2H3/t11-,12+,15?,16?. The molecule has 2 nitrogen and oxygen atoms in total. The van der Waals surface area contributed by atoms with Gasteiger partial charge in [0.15, 0.2) is 0 Å². The van der Waals surface area contributed by atoms with Gasteiger partial charge >= 0.3 is 0 Å². The Kier molecular flexibility index (Phi) is 3.16. The van der Waals surface area contributed by atoms with Crippen LogP contribution in [0.15, 0.2) is 24.3 Å². The monoisotopic (exact) mass is 244 g/mol. The molecule has 2 heteroatoms. The van der Waals surface area contributed by atoms with E-state index in [2.05, 4.69) is 43.0 Å². The van der Waals surface area contributed by atoms with Gasteiger partial charge in [-0.2, -0.15) is 0 Å². The fourth-order valence-corrected chi connectivity index (χ4v) is 3.98. The molecule has 0 radical (unpaired) electrons. The van der Waals surface area contributed by atoms with E-state index >= 15 is 0 Å². The minimum Gasteiger partial charge on any atom is -0.324 e. The first-order valence-corrected chi connectivity index (χ1v) is 7.30. The van der Waals surface area contributed by atoms with Gasteiger partial charge in [-0.05, 0) is 44.2 Å². The van der Waals surface area contributed by atoms with Crippen LogP contribution in [0.3, 0.4) is 0 Å². The molecule has 0 saturated carbocycles. The molecular formula is C16H24N2. The quantitative estimate of drug-likeness (QED) is 0.820. The molecule has 18 heavy (non-hydrogen) atoms. The predicted octanol–water partition coefficient (Wildman–Crippen LogP) is 3.39. The normalized spacial score (nSPS) is 36.6. The lowest BCUT2D eigenvalue weighted by Gasteiger charge is -2.43. The van der Waals surface area contributed by atoms with Crippen LogP contribution in [0.1, 0.15) is 62.7 Å². The van der Waals surface area contributed by atoms with Gasteiger partial charge in [0.05, 0.1) is 0 Å². The van der Waals surface area contributed by atoms with Crippen LogP contribution in [0, 0.1) is 0 Å². The molecule has 2 aliphatic rings. The van der Waals surface area contributed by atoms with E-state index in [9.17, 15) is 0 Å². The number of benzene rings is 1. The first kappa shape index (κ1) is 12.2. The van der Waals surface area contributed by atoms with Gasteiger partial charge in [-0.3, -0.25) is 4.90 Å². The van der Waals surface area contributed by atoms with Crippen LogP contribution in [-0.2, 0) is 0 Å². The van der Waals surface area contributed by atoms with Crippen molar-refractivity contribution in [2.24, 2.45) is 5.73 Å². The van der Waals surface area contributed by atoms with Crippen LogP contribution in [-0.4, -0.2) is 17.0 Å². The van der Waals surface area contributed by atoms with Crippen LogP contribution in [0.2, 0.25) is 0 Å². The third-order valence-electron chi connectivity index (χ3n) is 4.85. The van der Waals surface area contributed by atoms with Gasteiger partial charge in [0, 0.05) is 24.2 Å².